The Hall–Kier alpha value is -1.33. The Morgan fingerprint density at radius 3 is 2.37 bits per heavy atom. The highest BCUT2D eigenvalue weighted by atomic mass is 79.9. The van der Waals surface area contributed by atoms with Gasteiger partial charge in [-0.2, -0.15) is 0 Å². The van der Waals surface area contributed by atoms with Crippen molar-refractivity contribution in [2.24, 2.45) is 0 Å². The first kappa shape index (κ1) is 14.1. The number of hydrogen-bond acceptors (Lipinski definition) is 2. The monoisotopic (exact) mass is 382 g/mol. The van der Waals surface area contributed by atoms with Crippen LogP contribution in [0.5, 0.6) is 0 Å². The van der Waals surface area contributed by atoms with Crippen LogP contribution in [0.3, 0.4) is 0 Å². The summed E-state index contributed by atoms with van der Waals surface area (Å²) < 4.78 is 1.95. The van der Waals surface area contributed by atoms with Crippen molar-refractivity contribution in [3.63, 3.8) is 0 Å². The molecule has 1 amide bonds. The molecule has 0 atom stereocenters. The number of carbonyl (C=O) groups excluding carboxylic acids is 1. The van der Waals surface area contributed by atoms with E-state index >= 15 is 0 Å². The standard InChI is InChI=1S/C14H12Br2N2O/c15-10-4-6-12(7-5-10)17-9-14(19)18-13-3-1-2-11(16)8-13/h1-8,17H,9H2,(H,18,19). The van der Waals surface area contributed by atoms with Crippen LogP contribution >= 0.6 is 31.9 Å². The van der Waals surface area contributed by atoms with Gasteiger partial charge in [-0.25, -0.2) is 0 Å². The van der Waals surface area contributed by atoms with E-state index in [9.17, 15) is 4.79 Å². The minimum absolute atomic E-state index is 0.0824. The molecule has 0 bridgehead atoms. The van der Waals surface area contributed by atoms with Crippen molar-refractivity contribution < 1.29 is 4.79 Å². The van der Waals surface area contributed by atoms with Gasteiger partial charge in [0.15, 0.2) is 0 Å². The van der Waals surface area contributed by atoms with E-state index in [2.05, 4.69) is 42.5 Å². The van der Waals surface area contributed by atoms with Crippen LogP contribution < -0.4 is 10.6 Å². The van der Waals surface area contributed by atoms with Crippen LogP contribution in [-0.2, 0) is 4.79 Å². The Balaban J connectivity index is 1.86. The third-order valence-electron chi connectivity index (χ3n) is 2.41. The van der Waals surface area contributed by atoms with Gasteiger partial charge in [-0.3, -0.25) is 4.79 Å². The molecule has 0 heterocycles. The summed E-state index contributed by atoms with van der Waals surface area (Å²) in [4.78, 5) is 11.8. The van der Waals surface area contributed by atoms with E-state index < -0.39 is 0 Å². The molecule has 0 aliphatic rings. The van der Waals surface area contributed by atoms with E-state index in [1.54, 1.807) is 0 Å². The number of anilines is 2. The van der Waals surface area contributed by atoms with E-state index in [1.807, 2.05) is 48.5 Å². The summed E-state index contributed by atoms with van der Waals surface area (Å²) in [6.07, 6.45) is 0. The molecule has 0 aliphatic carbocycles. The molecule has 5 heteroatoms. The van der Waals surface area contributed by atoms with Gasteiger partial charge in [0.25, 0.3) is 0 Å². The van der Waals surface area contributed by atoms with Crippen molar-refractivity contribution in [3.05, 3.63) is 57.5 Å². The number of halogens is 2. The Morgan fingerprint density at radius 1 is 0.947 bits per heavy atom. The topological polar surface area (TPSA) is 41.1 Å². The number of amides is 1. The summed E-state index contributed by atoms with van der Waals surface area (Å²) in [6.45, 7) is 0.230. The van der Waals surface area contributed by atoms with Crippen LogP contribution in [0.4, 0.5) is 11.4 Å². The highest BCUT2D eigenvalue weighted by Crippen LogP contribution is 2.16. The van der Waals surface area contributed by atoms with Crippen LogP contribution in [0.25, 0.3) is 0 Å². The Labute approximate surface area is 128 Å². The second-order valence-electron chi connectivity index (χ2n) is 3.92. The van der Waals surface area contributed by atoms with Crippen LogP contribution in [0.1, 0.15) is 0 Å². The Morgan fingerprint density at radius 2 is 1.68 bits per heavy atom. The van der Waals surface area contributed by atoms with Crippen molar-refractivity contribution in [1.82, 2.24) is 0 Å². The van der Waals surface area contributed by atoms with Gasteiger partial charge in [0.1, 0.15) is 0 Å². The van der Waals surface area contributed by atoms with Crippen molar-refractivity contribution in [1.29, 1.82) is 0 Å². The molecule has 2 rings (SSSR count). The summed E-state index contributed by atoms with van der Waals surface area (Å²) in [5.41, 5.74) is 1.68. The fraction of sp³-hybridized carbons (Fsp3) is 0.0714. The van der Waals surface area contributed by atoms with Crippen LogP contribution in [-0.4, -0.2) is 12.5 Å². The van der Waals surface area contributed by atoms with Crippen molar-refractivity contribution in [2.45, 2.75) is 0 Å². The number of carbonyl (C=O) groups is 1. The number of rotatable bonds is 4. The van der Waals surface area contributed by atoms with Gasteiger partial charge in [0.05, 0.1) is 6.54 Å². The van der Waals surface area contributed by atoms with E-state index in [0.717, 1.165) is 20.3 Å². The highest BCUT2D eigenvalue weighted by Gasteiger charge is 2.02. The fourth-order valence-electron chi connectivity index (χ4n) is 1.52. The van der Waals surface area contributed by atoms with Gasteiger partial charge in [-0.1, -0.05) is 37.9 Å². The minimum Gasteiger partial charge on any atom is -0.376 e. The average Bonchev–Trinajstić information content (AvgIpc) is 2.38. The molecule has 0 aromatic heterocycles. The molecule has 0 fully saturated rings. The number of benzene rings is 2. The summed E-state index contributed by atoms with van der Waals surface area (Å²) in [5, 5.41) is 5.89. The molecular formula is C14H12Br2N2O. The van der Waals surface area contributed by atoms with Gasteiger partial charge >= 0.3 is 0 Å². The molecule has 19 heavy (non-hydrogen) atoms. The number of hydrogen-bond donors (Lipinski definition) is 2. The third kappa shape index (κ3) is 4.69. The van der Waals surface area contributed by atoms with Gasteiger partial charge in [-0.05, 0) is 42.5 Å². The van der Waals surface area contributed by atoms with Crippen LogP contribution in [0, 0.1) is 0 Å². The molecule has 0 aliphatic heterocycles. The Kier molecular flexibility index (Phi) is 4.99. The van der Waals surface area contributed by atoms with E-state index in [1.165, 1.54) is 0 Å². The van der Waals surface area contributed by atoms with Gasteiger partial charge in [0.2, 0.25) is 5.91 Å². The first-order chi connectivity index (χ1) is 9.13. The van der Waals surface area contributed by atoms with Gasteiger partial charge < -0.3 is 10.6 Å². The molecular weight excluding hydrogens is 372 g/mol. The second-order valence-corrected chi connectivity index (χ2v) is 5.75. The molecule has 3 nitrogen and oxygen atoms in total. The Bertz CT molecular complexity index is 570. The summed E-state index contributed by atoms with van der Waals surface area (Å²) in [7, 11) is 0. The lowest BCUT2D eigenvalue weighted by molar-refractivity contribution is -0.114. The SMILES string of the molecule is O=C(CNc1ccc(Br)cc1)Nc1cccc(Br)c1. The van der Waals surface area contributed by atoms with Crippen molar-refractivity contribution in [2.75, 3.05) is 17.2 Å². The molecule has 0 unspecified atom stereocenters. The predicted octanol–water partition coefficient (Wildman–Crippen LogP) is 4.26. The van der Waals surface area contributed by atoms with Crippen molar-refractivity contribution in [3.8, 4) is 0 Å². The van der Waals surface area contributed by atoms with Crippen molar-refractivity contribution >= 4 is 49.1 Å². The second kappa shape index (κ2) is 6.73. The van der Waals surface area contributed by atoms with E-state index in [0.29, 0.717) is 0 Å². The van der Waals surface area contributed by atoms with E-state index in [-0.39, 0.29) is 12.5 Å². The maximum Gasteiger partial charge on any atom is 0.243 e. The fourth-order valence-corrected chi connectivity index (χ4v) is 2.19. The first-order valence-electron chi connectivity index (χ1n) is 5.68. The zero-order valence-corrected chi connectivity index (χ0v) is 13.2. The molecule has 98 valence electrons. The quantitative estimate of drug-likeness (QED) is 0.827. The van der Waals surface area contributed by atoms with Gasteiger partial charge in [-0.15, -0.1) is 0 Å². The van der Waals surface area contributed by atoms with Gasteiger partial charge in [0, 0.05) is 20.3 Å². The first-order valence-corrected chi connectivity index (χ1v) is 7.27. The van der Waals surface area contributed by atoms with E-state index in [4.69, 9.17) is 0 Å². The minimum atomic E-state index is -0.0824. The molecule has 0 spiro atoms. The molecule has 0 saturated heterocycles. The maximum atomic E-state index is 11.8. The smallest absolute Gasteiger partial charge is 0.243 e. The maximum absolute atomic E-state index is 11.8. The van der Waals surface area contributed by atoms with Crippen LogP contribution in [0.15, 0.2) is 57.5 Å². The predicted molar refractivity (Wildman–Crippen MR) is 85.4 cm³/mol. The summed E-state index contributed by atoms with van der Waals surface area (Å²) >= 11 is 6.73. The third-order valence-corrected chi connectivity index (χ3v) is 3.43. The normalized spacial score (nSPS) is 10.0. The lowest BCUT2D eigenvalue weighted by Gasteiger charge is -2.08. The largest absolute Gasteiger partial charge is 0.376 e. The molecule has 0 radical (unpaired) electrons. The summed E-state index contributed by atoms with van der Waals surface area (Å²) in [5.74, 6) is -0.0824. The zero-order valence-electron chi connectivity index (χ0n) is 9.99. The lowest BCUT2D eigenvalue weighted by Crippen LogP contribution is -2.21. The zero-order chi connectivity index (χ0) is 13.7. The molecule has 0 saturated carbocycles. The average molecular weight is 384 g/mol. The van der Waals surface area contributed by atoms with Crippen LogP contribution in [0.2, 0.25) is 0 Å². The molecule has 2 aromatic carbocycles. The molecule has 2 aromatic rings. The number of nitrogens with one attached hydrogen (secondary N) is 2. The molecule has 2 N–H and O–H groups in total. The lowest BCUT2D eigenvalue weighted by atomic mass is 10.3. The highest BCUT2D eigenvalue weighted by molar-refractivity contribution is 9.10. The summed E-state index contributed by atoms with van der Waals surface area (Å²) in [6, 6.07) is 15.2.